The lowest BCUT2D eigenvalue weighted by atomic mass is 9.60. The number of nitrogens with zero attached hydrogens (tertiary/aromatic N) is 4. The zero-order valence-corrected chi connectivity index (χ0v) is 24.3. The lowest BCUT2D eigenvalue weighted by molar-refractivity contribution is -0.0989. The number of hydrogen-bond donors (Lipinski definition) is 2. The Kier molecular flexibility index (Phi) is 6.42. The summed E-state index contributed by atoms with van der Waals surface area (Å²) >= 11 is 0. The second kappa shape index (κ2) is 10.2. The number of rotatable bonds is 6. The van der Waals surface area contributed by atoms with Gasteiger partial charge < -0.3 is 5.11 Å². The van der Waals surface area contributed by atoms with Gasteiger partial charge in [-0.05, 0) is 41.8 Å². The standard InChI is InChI=1S/C36H31N5O3/c1-3-10-30-38-20-25-19-29(23-11-6-5-7-12-23)31(39-32(25)41(30)37)24-15-17-26(18-16-24)36(21-35(44,4-2)22-36)40-33(42)27-13-8-9-14-28(27)34(40)43/h4-20,44H,2-3,21-22,37H2,1H3/b30-10-/t35-,36-. The van der Waals surface area contributed by atoms with E-state index in [4.69, 9.17) is 10.8 Å². The summed E-state index contributed by atoms with van der Waals surface area (Å²) < 4.78 is 0. The molecule has 3 N–H and O–H groups in total. The van der Waals surface area contributed by atoms with E-state index in [1.54, 1.807) is 30.5 Å². The van der Waals surface area contributed by atoms with Crippen LogP contribution in [-0.4, -0.2) is 38.6 Å². The number of aliphatic imine (C=N–C) groups is 1. The Morgan fingerprint density at radius 3 is 2.16 bits per heavy atom. The molecule has 0 atom stereocenters. The monoisotopic (exact) mass is 581 g/mol. The highest BCUT2D eigenvalue weighted by molar-refractivity contribution is 6.22. The first kappa shape index (κ1) is 27.6. The third-order valence-corrected chi connectivity index (χ3v) is 8.81. The molecule has 1 fully saturated rings. The van der Waals surface area contributed by atoms with E-state index >= 15 is 0 Å². The van der Waals surface area contributed by atoms with Crippen molar-refractivity contribution in [1.82, 2.24) is 9.88 Å². The highest BCUT2D eigenvalue weighted by Crippen LogP contribution is 2.55. The smallest absolute Gasteiger partial charge is 0.262 e. The quantitative estimate of drug-likeness (QED) is 0.165. The average molecular weight is 582 g/mol. The van der Waals surface area contributed by atoms with Crippen LogP contribution in [0.15, 0.2) is 114 Å². The van der Waals surface area contributed by atoms with Crippen molar-refractivity contribution in [2.24, 2.45) is 10.8 Å². The number of benzene rings is 3. The molecule has 0 saturated heterocycles. The number of pyridine rings is 1. The maximum absolute atomic E-state index is 13.6. The number of anilines is 1. The van der Waals surface area contributed by atoms with E-state index in [0.717, 1.165) is 39.9 Å². The topological polar surface area (TPSA) is 112 Å². The number of carbonyl (C=O) groups excluding carboxylic acids is 2. The summed E-state index contributed by atoms with van der Waals surface area (Å²) in [5.74, 6) is 6.99. The summed E-state index contributed by atoms with van der Waals surface area (Å²) in [5, 5.41) is 12.6. The van der Waals surface area contributed by atoms with Crippen LogP contribution >= 0.6 is 0 Å². The summed E-state index contributed by atoms with van der Waals surface area (Å²) in [6.45, 7) is 5.82. The van der Waals surface area contributed by atoms with Gasteiger partial charge in [0.15, 0.2) is 5.82 Å². The number of fused-ring (bicyclic) bond motifs is 2. The van der Waals surface area contributed by atoms with Crippen LogP contribution in [0.2, 0.25) is 0 Å². The minimum atomic E-state index is -1.19. The largest absolute Gasteiger partial charge is 0.386 e. The van der Waals surface area contributed by atoms with Crippen LogP contribution in [0.4, 0.5) is 5.82 Å². The average Bonchev–Trinajstić information content (AvgIpc) is 3.30. The molecule has 1 aromatic heterocycles. The molecule has 0 radical (unpaired) electrons. The fourth-order valence-electron chi connectivity index (χ4n) is 6.62. The molecule has 3 aliphatic rings. The number of imide groups is 1. The van der Waals surface area contributed by atoms with Gasteiger partial charge in [0.1, 0.15) is 5.82 Å². The summed E-state index contributed by atoms with van der Waals surface area (Å²) in [7, 11) is 0. The van der Waals surface area contributed by atoms with Gasteiger partial charge in [0, 0.05) is 35.7 Å². The number of hydrogen-bond acceptors (Lipinski definition) is 7. The highest BCUT2D eigenvalue weighted by atomic mass is 16.3. The molecule has 8 nitrogen and oxygen atoms in total. The zero-order chi connectivity index (χ0) is 30.6. The molecule has 3 heterocycles. The molecular formula is C36H31N5O3. The summed E-state index contributed by atoms with van der Waals surface area (Å²) in [5.41, 5.74) is 3.57. The van der Waals surface area contributed by atoms with E-state index in [-0.39, 0.29) is 24.7 Å². The van der Waals surface area contributed by atoms with Crippen molar-refractivity contribution in [3.05, 3.63) is 132 Å². The van der Waals surface area contributed by atoms with E-state index in [1.165, 1.54) is 16.0 Å². The van der Waals surface area contributed by atoms with Crippen LogP contribution in [0.1, 0.15) is 58.0 Å². The summed E-state index contributed by atoms with van der Waals surface area (Å²) in [4.78, 5) is 38.1. The Hall–Kier alpha value is -5.18. The van der Waals surface area contributed by atoms with Gasteiger partial charge in [0.2, 0.25) is 0 Å². The third kappa shape index (κ3) is 4.14. The molecule has 1 saturated carbocycles. The number of amides is 2. The lowest BCUT2D eigenvalue weighted by Gasteiger charge is -2.55. The maximum Gasteiger partial charge on any atom is 0.262 e. The van der Waals surface area contributed by atoms with E-state index in [1.807, 2.05) is 73.7 Å². The van der Waals surface area contributed by atoms with E-state index in [9.17, 15) is 14.7 Å². The summed E-state index contributed by atoms with van der Waals surface area (Å²) in [6, 6.07) is 26.6. The van der Waals surface area contributed by atoms with Gasteiger partial charge in [-0.15, -0.1) is 6.58 Å². The predicted molar refractivity (Wildman–Crippen MR) is 171 cm³/mol. The number of aliphatic hydroxyl groups is 1. The Labute approximate surface area is 255 Å². The zero-order valence-electron chi connectivity index (χ0n) is 24.3. The van der Waals surface area contributed by atoms with Crippen LogP contribution in [-0.2, 0) is 5.54 Å². The second-order valence-corrected chi connectivity index (χ2v) is 11.5. The number of carbonyl (C=O) groups is 2. The highest BCUT2D eigenvalue weighted by Gasteiger charge is 2.61. The third-order valence-electron chi connectivity index (χ3n) is 8.81. The van der Waals surface area contributed by atoms with Crippen molar-refractivity contribution < 1.29 is 14.7 Å². The van der Waals surface area contributed by atoms with Crippen molar-refractivity contribution in [3.8, 4) is 22.4 Å². The Balaban J connectivity index is 1.33. The fraction of sp³-hybridized carbons (Fsp3) is 0.167. The molecule has 2 amide bonds. The van der Waals surface area contributed by atoms with E-state index in [2.05, 4.69) is 11.6 Å². The minimum Gasteiger partial charge on any atom is -0.386 e. The Bertz CT molecular complexity index is 1850. The molecule has 0 spiro atoms. The van der Waals surface area contributed by atoms with Gasteiger partial charge in [-0.25, -0.2) is 20.8 Å². The maximum atomic E-state index is 13.6. The van der Waals surface area contributed by atoms with Gasteiger partial charge in [-0.3, -0.25) is 14.5 Å². The van der Waals surface area contributed by atoms with Crippen LogP contribution < -0.4 is 10.9 Å². The second-order valence-electron chi connectivity index (χ2n) is 11.5. The Morgan fingerprint density at radius 2 is 1.55 bits per heavy atom. The molecule has 44 heavy (non-hydrogen) atoms. The molecule has 0 unspecified atom stereocenters. The van der Waals surface area contributed by atoms with Gasteiger partial charge in [0.05, 0.1) is 28.0 Å². The summed E-state index contributed by atoms with van der Waals surface area (Å²) in [6.07, 6.45) is 6.33. The van der Waals surface area contributed by atoms with Crippen LogP contribution in [0.3, 0.4) is 0 Å². The van der Waals surface area contributed by atoms with Crippen molar-refractivity contribution in [2.45, 2.75) is 37.3 Å². The van der Waals surface area contributed by atoms with Gasteiger partial charge in [0.25, 0.3) is 11.8 Å². The Morgan fingerprint density at radius 1 is 0.909 bits per heavy atom. The predicted octanol–water partition coefficient (Wildman–Crippen LogP) is 5.98. The van der Waals surface area contributed by atoms with Crippen molar-refractivity contribution in [3.63, 3.8) is 0 Å². The van der Waals surface area contributed by atoms with E-state index < -0.39 is 11.1 Å². The molecular weight excluding hydrogens is 550 g/mol. The van der Waals surface area contributed by atoms with Gasteiger partial charge in [-0.2, -0.15) is 0 Å². The lowest BCUT2D eigenvalue weighted by Crippen LogP contribution is -2.63. The number of hydrazine groups is 1. The normalized spacial score (nSPS) is 23.0. The first-order valence-electron chi connectivity index (χ1n) is 14.6. The molecule has 218 valence electrons. The van der Waals surface area contributed by atoms with Crippen molar-refractivity contribution >= 4 is 23.8 Å². The molecule has 2 aliphatic heterocycles. The minimum absolute atomic E-state index is 0.161. The number of allylic oxidation sites excluding steroid dienone is 1. The number of nitrogens with two attached hydrogens (primary N) is 1. The molecule has 8 heteroatoms. The van der Waals surface area contributed by atoms with Gasteiger partial charge in [-0.1, -0.05) is 79.7 Å². The SMILES string of the molecule is C=C[C@]1(O)C[C@](c2ccc(-c3nc4c(cc3-c3ccccc3)C=N/C(=C/CC)N4N)cc2)(N2C(=O)c3ccccc3C2=O)C1. The first-order chi connectivity index (χ1) is 21.3. The first-order valence-corrected chi connectivity index (χ1v) is 14.6. The van der Waals surface area contributed by atoms with Crippen LogP contribution in [0.25, 0.3) is 22.4 Å². The molecule has 7 rings (SSSR count). The molecule has 3 aromatic carbocycles. The van der Waals surface area contributed by atoms with Crippen molar-refractivity contribution in [2.75, 3.05) is 5.01 Å². The van der Waals surface area contributed by atoms with Gasteiger partial charge >= 0.3 is 0 Å². The molecule has 0 bridgehead atoms. The fourth-order valence-corrected chi connectivity index (χ4v) is 6.62. The molecule has 4 aromatic rings. The van der Waals surface area contributed by atoms with Crippen LogP contribution in [0.5, 0.6) is 0 Å². The molecule has 1 aliphatic carbocycles. The van der Waals surface area contributed by atoms with Crippen LogP contribution in [0, 0.1) is 0 Å². The number of aromatic nitrogens is 1. The van der Waals surface area contributed by atoms with E-state index in [0.29, 0.717) is 22.8 Å². The van der Waals surface area contributed by atoms with Crippen molar-refractivity contribution in [1.29, 1.82) is 0 Å².